The minimum atomic E-state index is 0.0858. The highest BCUT2D eigenvalue weighted by Crippen LogP contribution is 2.23. The van der Waals surface area contributed by atoms with Crippen molar-refractivity contribution in [3.8, 4) is 5.75 Å². The van der Waals surface area contributed by atoms with Gasteiger partial charge < -0.3 is 10.1 Å². The summed E-state index contributed by atoms with van der Waals surface area (Å²) in [5.74, 6) is 1.60. The Morgan fingerprint density at radius 2 is 2.19 bits per heavy atom. The molecule has 0 saturated carbocycles. The van der Waals surface area contributed by atoms with Gasteiger partial charge in [-0.15, -0.1) is 0 Å². The molecule has 0 saturated heterocycles. The van der Waals surface area contributed by atoms with Crippen molar-refractivity contribution in [2.24, 2.45) is 0 Å². The number of para-hydroxylation sites is 1. The first-order chi connectivity index (χ1) is 10.3. The maximum atomic E-state index is 5.36. The molecule has 1 unspecified atom stereocenters. The van der Waals surface area contributed by atoms with Crippen LogP contribution in [-0.4, -0.2) is 27.3 Å². The average molecular weight is 283 g/mol. The van der Waals surface area contributed by atoms with Gasteiger partial charge in [0.25, 0.3) is 0 Å². The van der Waals surface area contributed by atoms with Crippen LogP contribution in [0.1, 0.15) is 24.5 Å². The second kappa shape index (κ2) is 5.88. The van der Waals surface area contributed by atoms with Crippen LogP contribution in [0.5, 0.6) is 5.75 Å². The summed E-state index contributed by atoms with van der Waals surface area (Å²) in [5.41, 5.74) is 1.84. The highest BCUT2D eigenvalue weighted by molar-refractivity contribution is 5.84. The van der Waals surface area contributed by atoms with E-state index in [0.29, 0.717) is 6.54 Å². The number of hydrogen-bond donors (Lipinski definition) is 2. The van der Waals surface area contributed by atoms with E-state index in [9.17, 15) is 0 Å². The number of hydrogen-bond acceptors (Lipinski definition) is 5. The smallest absolute Gasteiger partial charge is 0.145 e. The molecule has 0 aliphatic heterocycles. The number of pyridine rings is 1. The number of aromatic amines is 1. The standard InChI is InChI=1S/C15H17N5O/c1-10(15-17-9-18-20-15)16-8-12-7-6-11-4-3-5-13(21-2)14(11)19-12/h3-7,9-10,16H,8H2,1-2H3,(H,17,18,20). The first-order valence-corrected chi connectivity index (χ1v) is 6.79. The Balaban J connectivity index is 1.78. The quantitative estimate of drug-likeness (QED) is 0.751. The van der Waals surface area contributed by atoms with Crippen molar-refractivity contribution in [1.29, 1.82) is 0 Å². The molecule has 1 aromatic carbocycles. The summed E-state index contributed by atoms with van der Waals surface area (Å²) < 4.78 is 5.36. The summed E-state index contributed by atoms with van der Waals surface area (Å²) in [7, 11) is 1.66. The van der Waals surface area contributed by atoms with Crippen LogP contribution in [0.4, 0.5) is 0 Å². The first-order valence-electron chi connectivity index (χ1n) is 6.79. The Bertz CT molecular complexity index is 726. The third kappa shape index (κ3) is 2.85. The van der Waals surface area contributed by atoms with Gasteiger partial charge in [0.2, 0.25) is 0 Å². The van der Waals surface area contributed by atoms with Crippen LogP contribution in [0.3, 0.4) is 0 Å². The van der Waals surface area contributed by atoms with Gasteiger partial charge in [0, 0.05) is 11.9 Å². The molecule has 0 radical (unpaired) electrons. The third-order valence-corrected chi connectivity index (χ3v) is 3.39. The van der Waals surface area contributed by atoms with Gasteiger partial charge in [-0.1, -0.05) is 18.2 Å². The van der Waals surface area contributed by atoms with Crippen molar-refractivity contribution >= 4 is 10.9 Å². The Labute approximate surface area is 122 Å². The minimum Gasteiger partial charge on any atom is -0.494 e. The second-order valence-corrected chi connectivity index (χ2v) is 4.81. The molecular formula is C15H17N5O. The van der Waals surface area contributed by atoms with E-state index >= 15 is 0 Å². The van der Waals surface area contributed by atoms with Crippen molar-refractivity contribution in [2.45, 2.75) is 19.5 Å². The fourth-order valence-corrected chi connectivity index (χ4v) is 2.20. The minimum absolute atomic E-state index is 0.0858. The molecule has 6 heteroatoms. The molecule has 0 aliphatic rings. The predicted molar refractivity (Wildman–Crippen MR) is 79.9 cm³/mol. The van der Waals surface area contributed by atoms with Crippen LogP contribution in [0.15, 0.2) is 36.7 Å². The average Bonchev–Trinajstić information content (AvgIpc) is 3.06. The van der Waals surface area contributed by atoms with E-state index in [1.54, 1.807) is 7.11 Å². The zero-order valence-electron chi connectivity index (χ0n) is 12.0. The van der Waals surface area contributed by atoms with E-state index in [4.69, 9.17) is 4.74 Å². The maximum absolute atomic E-state index is 5.36. The van der Waals surface area contributed by atoms with Crippen LogP contribution in [0.2, 0.25) is 0 Å². The molecule has 0 spiro atoms. The van der Waals surface area contributed by atoms with Crippen molar-refractivity contribution in [3.63, 3.8) is 0 Å². The van der Waals surface area contributed by atoms with Gasteiger partial charge >= 0.3 is 0 Å². The van der Waals surface area contributed by atoms with Gasteiger partial charge in [0.05, 0.1) is 18.8 Å². The number of nitrogens with one attached hydrogen (secondary N) is 2. The molecule has 3 rings (SSSR count). The molecule has 2 aromatic heterocycles. The van der Waals surface area contributed by atoms with Crippen molar-refractivity contribution < 1.29 is 4.74 Å². The van der Waals surface area contributed by atoms with Crippen LogP contribution < -0.4 is 10.1 Å². The fourth-order valence-electron chi connectivity index (χ4n) is 2.20. The Kier molecular flexibility index (Phi) is 3.79. The van der Waals surface area contributed by atoms with E-state index in [2.05, 4.69) is 31.5 Å². The molecule has 6 nitrogen and oxygen atoms in total. The second-order valence-electron chi connectivity index (χ2n) is 4.81. The van der Waals surface area contributed by atoms with Gasteiger partial charge in [0.1, 0.15) is 23.4 Å². The molecule has 108 valence electrons. The van der Waals surface area contributed by atoms with E-state index < -0.39 is 0 Å². The number of fused-ring (bicyclic) bond motifs is 1. The number of aromatic nitrogens is 4. The van der Waals surface area contributed by atoms with Crippen LogP contribution in [-0.2, 0) is 6.54 Å². The summed E-state index contributed by atoms with van der Waals surface area (Å²) in [5, 5.41) is 11.1. The number of methoxy groups -OCH3 is 1. The lowest BCUT2D eigenvalue weighted by atomic mass is 10.2. The van der Waals surface area contributed by atoms with Gasteiger partial charge in [-0.3, -0.25) is 5.10 Å². The molecule has 0 amide bonds. The van der Waals surface area contributed by atoms with E-state index in [1.165, 1.54) is 6.33 Å². The monoisotopic (exact) mass is 283 g/mol. The van der Waals surface area contributed by atoms with E-state index in [0.717, 1.165) is 28.2 Å². The molecule has 2 N–H and O–H groups in total. The summed E-state index contributed by atoms with van der Waals surface area (Å²) in [6.45, 7) is 2.68. The lowest BCUT2D eigenvalue weighted by Crippen LogP contribution is -2.19. The Morgan fingerprint density at radius 1 is 1.29 bits per heavy atom. The molecule has 0 aliphatic carbocycles. The zero-order chi connectivity index (χ0) is 14.7. The van der Waals surface area contributed by atoms with Gasteiger partial charge in [-0.2, -0.15) is 5.10 Å². The summed E-state index contributed by atoms with van der Waals surface area (Å²) in [6.07, 6.45) is 1.51. The molecular weight excluding hydrogens is 266 g/mol. The van der Waals surface area contributed by atoms with Gasteiger partial charge in [-0.25, -0.2) is 9.97 Å². The van der Waals surface area contributed by atoms with Gasteiger partial charge in [-0.05, 0) is 19.1 Å². The lowest BCUT2D eigenvalue weighted by Gasteiger charge is -2.11. The zero-order valence-corrected chi connectivity index (χ0v) is 12.0. The predicted octanol–water partition coefficient (Wildman–Crippen LogP) is 2.21. The number of H-pyrrole nitrogens is 1. The summed E-state index contributed by atoms with van der Waals surface area (Å²) >= 11 is 0. The van der Waals surface area contributed by atoms with Crippen LogP contribution in [0, 0.1) is 0 Å². The van der Waals surface area contributed by atoms with Crippen molar-refractivity contribution in [1.82, 2.24) is 25.5 Å². The van der Waals surface area contributed by atoms with E-state index in [1.807, 2.05) is 31.2 Å². The van der Waals surface area contributed by atoms with Gasteiger partial charge in [0.15, 0.2) is 0 Å². The third-order valence-electron chi connectivity index (χ3n) is 3.39. The number of rotatable bonds is 5. The topological polar surface area (TPSA) is 75.7 Å². The molecule has 1 atom stereocenters. The first kappa shape index (κ1) is 13.5. The fraction of sp³-hybridized carbons (Fsp3) is 0.267. The largest absolute Gasteiger partial charge is 0.494 e. The highest BCUT2D eigenvalue weighted by Gasteiger charge is 2.09. The maximum Gasteiger partial charge on any atom is 0.145 e. The van der Waals surface area contributed by atoms with Crippen LogP contribution in [0.25, 0.3) is 10.9 Å². The van der Waals surface area contributed by atoms with E-state index in [-0.39, 0.29) is 6.04 Å². The number of benzene rings is 1. The molecule has 3 aromatic rings. The highest BCUT2D eigenvalue weighted by atomic mass is 16.5. The summed E-state index contributed by atoms with van der Waals surface area (Å²) in [6, 6.07) is 10.1. The SMILES string of the molecule is COc1cccc2ccc(CNC(C)c3ncn[nH]3)nc12. The number of ether oxygens (including phenoxy) is 1. The Morgan fingerprint density at radius 3 is 2.95 bits per heavy atom. The van der Waals surface area contributed by atoms with Crippen molar-refractivity contribution in [3.05, 3.63) is 48.2 Å². The lowest BCUT2D eigenvalue weighted by molar-refractivity contribution is 0.418. The molecule has 0 fully saturated rings. The summed E-state index contributed by atoms with van der Waals surface area (Å²) in [4.78, 5) is 8.80. The van der Waals surface area contributed by atoms with Crippen LogP contribution >= 0.6 is 0 Å². The van der Waals surface area contributed by atoms with Crippen molar-refractivity contribution in [2.75, 3.05) is 7.11 Å². The normalized spacial score (nSPS) is 12.5. The molecule has 0 bridgehead atoms. The molecule has 21 heavy (non-hydrogen) atoms. The number of nitrogens with zero attached hydrogens (tertiary/aromatic N) is 3. The molecule has 2 heterocycles. The Hall–Kier alpha value is -2.47.